The molecular weight excluding hydrogens is 334 g/mol. The maximum absolute atomic E-state index is 4.68. The van der Waals surface area contributed by atoms with Crippen molar-refractivity contribution in [2.45, 2.75) is 33.0 Å². The van der Waals surface area contributed by atoms with E-state index in [0.29, 0.717) is 6.54 Å². The Morgan fingerprint density at radius 3 is 2.96 bits per heavy atom. The van der Waals surface area contributed by atoms with Crippen LogP contribution in [-0.4, -0.2) is 36.1 Å². The van der Waals surface area contributed by atoms with Crippen LogP contribution in [-0.2, 0) is 26.1 Å². The minimum Gasteiger partial charge on any atom is -0.323 e. The molecule has 0 saturated heterocycles. The van der Waals surface area contributed by atoms with Crippen LogP contribution in [0.1, 0.15) is 22.6 Å². The highest BCUT2D eigenvalue weighted by molar-refractivity contribution is 7.11. The number of fused-ring (bicyclic) bond motifs is 1. The highest BCUT2D eigenvalue weighted by Gasteiger charge is 2.16. The minimum atomic E-state index is 0. The molecule has 0 unspecified atom stereocenters. The van der Waals surface area contributed by atoms with Crippen molar-refractivity contribution in [3.63, 3.8) is 0 Å². The molecule has 23 heavy (non-hydrogen) atoms. The van der Waals surface area contributed by atoms with Crippen molar-refractivity contribution in [2.24, 2.45) is 0 Å². The van der Waals surface area contributed by atoms with E-state index >= 15 is 0 Å². The van der Waals surface area contributed by atoms with Crippen molar-refractivity contribution < 1.29 is 0 Å². The van der Waals surface area contributed by atoms with Crippen LogP contribution >= 0.6 is 23.7 Å². The van der Waals surface area contributed by atoms with E-state index in [1.807, 2.05) is 12.4 Å². The summed E-state index contributed by atoms with van der Waals surface area (Å²) in [5.41, 5.74) is 2.13. The number of aromatic nitrogens is 6. The normalized spacial score (nSPS) is 13.6. The average molecular weight is 352 g/mol. The van der Waals surface area contributed by atoms with E-state index in [1.165, 1.54) is 5.69 Å². The fourth-order valence-electron chi connectivity index (χ4n) is 2.61. The van der Waals surface area contributed by atoms with Crippen molar-refractivity contribution in [1.82, 2.24) is 34.8 Å². The van der Waals surface area contributed by atoms with Gasteiger partial charge in [0.1, 0.15) is 15.7 Å². The molecule has 3 aromatic rings. The summed E-state index contributed by atoms with van der Waals surface area (Å²) in [7, 11) is 0. The van der Waals surface area contributed by atoms with Gasteiger partial charge >= 0.3 is 0 Å². The number of rotatable bonds is 4. The molecule has 7 nitrogen and oxygen atoms in total. The Morgan fingerprint density at radius 2 is 2.17 bits per heavy atom. The largest absolute Gasteiger partial charge is 0.323 e. The molecule has 1 aliphatic rings. The lowest BCUT2D eigenvalue weighted by Crippen LogP contribution is -2.28. The first-order valence-electron chi connectivity index (χ1n) is 7.43. The summed E-state index contributed by atoms with van der Waals surface area (Å²) >= 11 is 1.66. The number of halogens is 1. The molecule has 122 valence electrons. The monoisotopic (exact) mass is 351 g/mol. The average Bonchev–Trinajstić information content (AvgIpc) is 3.25. The molecule has 0 amide bonds. The van der Waals surface area contributed by atoms with Crippen LogP contribution < -0.4 is 5.32 Å². The van der Waals surface area contributed by atoms with Gasteiger partial charge in [-0.3, -0.25) is 4.68 Å². The van der Waals surface area contributed by atoms with Gasteiger partial charge in [-0.15, -0.1) is 22.6 Å². The predicted octanol–water partition coefficient (Wildman–Crippen LogP) is 1.73. The topological polar surface area (TPSA) is 73.5 Å². The molecule has 1 N–H and O–H groups in total. The van der Waals surface area contributed by atoms with E-state index in [4.69, 9.17) is 0 Å². The fourth-order valence-corrected chi connectivity index (χ4v) is 3.40. The molecule has 0 aromatic carbocycles. The van der Waals surface area contributed by atoms with Crippen LogP contribution in [0.5, 0.6) is 0 Å². The second-order valence-corrected chi connectivity index (χ2v) is 6.39. The van der Waals surface area contributed by atoms with Crippen LogP contribution in [0.4, 0.5) is 0 Å². The van der Waals surface area contributed by atoms with Crippen LogP contribution in [0.2, 0.25) is 0 Å². The maximum atomic E-state index is 4.68. The Hall–Kier alpha value is -1.77. The number of nitrogens with zero attached hydrogens (tertiary/aromatic N) is 6. The second-order valence-electron chi connectivity index (χ2n) is 5.24. The summed E-state index contributed by atoms with van der Waals surface area (Å²) < 4.78 is 4.15. The van der Waals surface area contributed by atoms with Gasteiger partial charge in [0, 0.05) is 25.5 Å². The van der Waals surface area contributed by atoms with Gasteiger partial charge in [0.05, 0.1) is 18.8 Å². The van der Waals surface area contributed by atoms with Gasteiger partial charge in [0.15, 0.2) is 5.82 Å². The van der Waals surface area contributed by atoms with Gasteiger partial charge < -0.3 is 9.88 Å². The van der Waals surface area contributed by atoms with Crippen molar-refractivity contribution in [1.29, 1.82) is 0 Å². The van der Waals surface area contributed by atoms with Gasteiger partial charge in [-0.1, -0.05) is 18.3 Å². The summed E-state index contributed by atoms with van der Waals surface area (Å²) in [6.45, 7) is 5.52. The third-order valence-electron chi connectivity index (χ3n) is 3.73. The van der Waals surface area contributed by atoms with Crippen LogP contribution in [0, 0.1) is 0 Å². The number of nitrogens with one attached hydrogen (secondary N) is 1. The molecule has 0 aliphatic carbocycles. The first-order valence-corrected chi connectivity index (χ1v) is 8.25. The molecule has 0 atom stereocenters. The molecule has 0 bridgehead atoms. The van der Waals surface area contributed by atoms with Gasteiger partial charge in [0.25, 0.3) is 0 Å². The molecule has 0 radical (unpaired) electrons. The number of aryl methyl sites for hydroxylation is 1. The molecule has 4 heterocycles. The smallest absolute Gasteiger partial charge is 0.160 e. The second kappa shape index (κ2) is 6.77. The zero-order chi connectivity index (χ0) is 14.9. The molecule has 0 saturated carbocycles. The van der Waals surface area contributed by atoms with Crippen LogP contribution in [0.3, 0.4) is 0 Å². The lowest BCUT2D eigenvalue weighted by molar-refractivity contribution is 0.476. The quantitative estimate of drug-likeness (QED) is 0.775. The fraction of sp³-hybridized carbons (Fsp3) is 0.429. The van der Waals surface area contributed by atoms with Crippen molar-refractivity contribution in [3.05, 3.63) is 34.2 Å². The van der Waals surface area contributed by atoms with E-state index in [-0.39, 0.29) is 12.4 Å². The summed E-state index contributed by atoms with van der Waals surface area (Å²) in [6, 6.07) is 2.11. The van der Waals surface area contributed by atoms with Gasteiger partial charge in [-0.05, 0) is 12.5 Å². The summed E-state index contributed by atoms with van der Waals surface area (Å²) in [5.74, 6) is 0.884. The lowest BCUT2D eigenvalue weighted by atomic mass is 10.3. The van der Waals surface area contributed by atoms with Gasteiger partial charge in [-0.2, -0.15) is 5.10 Å². The standard InChI is InChI=1S/C14H17N7S.ClH/c1-2-12-17-18-13(22-12)9-20-5-4-16-14(20)11-7-10-8-15-3-6-21(10)19-11;/h4-5,7,15H,2-3,6,8-9H2,1H3;1H. The van der Waals surface area contributed by atoms with E-state index in [9.17, 15) is 0 Å². The third kappa shape index (κ3) is 3.15. The molecular formula is C14H18ClN7S. The van der Waals surface area contributed by atoms with Crippen molar-refractivity contribution >= 4 is 23.7 Å². The Morgan fingerprint density at radius 1 is 1.30 bits per heavy atom. The Kier molecular flexibility index (Phi) is 4.74. The highest BCUT2D eigenvalue weighted by Crippen LogP contribution is 2.21. The summed E-state index contributed by atoms with van der Waals surface area (Å²) in [4.78, 5) is 4.48. The Balaban J connectivity index is 0.00000156. The van der Waals surface area contributed by atoms with E-state index in [2.05, 4.69) is 47.8 Å². The lowest BCUT2D eigenvalue weighted by Gasteiger charge is -2.13. The zero-order valence-electron chi connectivity index (χ0n) is 12.8. The third-order valence-corrected chi connectivity index (χ3v) is 4.78. The minimum absolute atomic E-state index is 0. The first kappa shape index (κ1) is 16.1. The first-order chi connectivity index (χ1) is 10.8. The van der Waals surface area contributed by atoms with Crippen LogP contribution in [0.15, 0.2) is 18.5 Å². The van der Waals surface area contributed by atoms with E-state index < -0.39 is 0 Å². The molecule has 4 rings (SSSR count). The Bertz CT molecular complexity index is 767. The molecule has 1 aliphatic heterocycles. The Labute approximate surface area is 144 Å². The number of hydrogen-bond acceptors (Lipinski definition) is 6. The molecule has 9 heteroatoms. The van der Waals surface area contributed by atoms with E-state index in [0.717, 1.165) is 47.6 Å². The van der Waals surface area contributed by atoms with Gasteiger partial charge in [0.2, 0.25) is 0 Å². The highest BCUT2D eigenvalue weighted by atomic mass is 35.5. The van der Waals surface area contributed by atoms with Crippen LogP contribution in [0.25, 0.3) is 11.5 Å². The molecule has 0 spiro atoms. The molecule has 0 fully saturated rings. The zero-order valence-corrected chi connectivity index (χ0v) is 14.4. The van der Waals surface area contributed by atoms with Crippen molar-refractivity contribution in [2.75, 3.05) is 6.54 Å². The van der Waals surface area contributed by atoms with Gasteiger partial charge in [-0.25, -0.2) is 4.98 Å². The predicted molar refractivity (Wildman–Crippen MR) is 90.8 cm³/mol. The van der Waals surface area contributed by atoms with Crippen molar-refractivity contribution in [3.8, 4) is 11.5 Å². The summed E-state index contributed by atoms with van der Waals surface area (Å²) in [5, 5.41) is 18.5. The number of hydrogen-bond donors (Lipinski definition) is 1. The van der Waals surface area contributed by atoms with E-state index in [1.54, 1.807) is 11.3 Å². The number of imidazole rings is 1. The molecule has 3 aromatic heterocycles. The maximum Gasteiger partial charge on any atom is 0.160 e. The summed E-state index contributed by atoms with van der Waals surface area (Å²) in [6.07, 6.45) is 4.71. The SMILES string of the molecule is CCc1nnc(Cn2ccnc2-c2cc3n(n2)CCNC3)s1.Cl.